The molecule has 0 unspecified atom stereocenters. The molecule has 0 aliphatic heterocycles. The summed E-state index contributed by atoms with van der Waals surface area (Å²) in [6, 6.07) is 6.20. The smallest absolute Gasteiger partial charge is 0.0471 e. The van der Waals surface area contributed by atoms with Crippen molar-refractivity contribution in [3.8, 4) is 0 Å². The second kappa shape index (κ2) is 6.27. The number of benzene rings is 1. The van der Waals surface area contributed by atoms with Crippen LogP contribution in [0.1, 0.15) is 33.3 Å². The first kappa shape index (κ1) is 14.3. The minimum atomic E-state index is 0.494. The number of nitrogens with zero attached hydrogens (tertiary/aromatic N) is 1. The van der Waals surface area contributed by atoms with E-state index in [1.165, 1.54) is 0 Å². The van der Waals surface area contributed by atoms with Crippen molar-refractivity contribution >= 4 is 17.3 Å². The van der Waals surface area contributed by atoms with Gasteiger partial charge in [-0.15, -0.1) is 0 Å². The summed E-state index contributed by atoms with van der Waals surface area (Å²) >= 11 is 6.21. The van der Waals surface area contributed by atoms with Gasteiger partial charge in [-0.2, -0.15) is 0 Å². The van der Waals surface area contributed by atoms with Gasteiger partial charge in [-0.1, -0.05) is 31.5 Å². The van der Waals surface area contributed by atoms with Gasteiger partial charge in [0.1, 0.15) is 0 Å². The third-order valence-electron chi connectivity index (χ3n) is 2.85. The van der Waals surface area contributed by atoms with Crippen LogP contribution in [0.4, 0.5) is 5.69 Å². The van der Waals surface area contributed by atoms with Gasteiger partial charge in [-0.3, -0.25) is 4.90 Å². The van der Waals surface area contributed by atoms with Gasteiger partial charge in [0.15, 0.2) is 0 Å². The van der Waals surface area contributed by atoms with Crippen LogP contribution in [0.5, 0.6) is 0 Å². The van der Waals surface area contributed by atoms with Crippen molar-refractivity contribution in [3.63, 3.8) is 0 Å². The first-order valence-corrected chi connectivity index (χ1v) is 6.56. The molecule has 1 aromatic rings. The fourth-order valence-electron chi connectivity index (χ4n) is 1.87. The summed E-state index contributed by atoms with van der Waals surface area (Å²) in [5.41, 5.74) is 7.82. The van der Waals surface area contributed by atoms with Crippen LogP contribution in [0.25, 0.3) is 0 Å². The monoisotopic (exact) mass is 254 g/mol. The van der Waals surface area contributed by atoms with Crippen LogP contribution in [0, 0.1) is 5.92 Å². The van der Waals surface area contributed by atoms with Crippen LogP contribution >= 0.6 is 11.6 Å². The Morgan fingerprint density at radius 2 is 1.88 bits per heavy atom. The van der Waals surface area contributed by atoms with Gasteiger partial charge in [0.2, 0.25) is 0 Å². The molecule has 0 atom stereocenters. The summed E-state index contributed by atoms with van der Waals surface area (Å²) in [5, 5.41) is 0.763. The zero-order valence-corrected chi connectivity index (χ0v) is 12.0. The molecular weight excluding hydrogens is 232 g/mol. The zero-order chi connectivity index (χ0) is 13.0. The molecule has 0 heterocycles. The molecule has 1 aromatic carbocycles. The lowest BCUT2D eigenvalue weighted by molar-refractivity contribution is 0.189. The predicted molar refractivity (Wildman–Crippen MR) is 76.2 cm³/mol. The highest BCUT2D eigenvalue weighted by Gasteiger charge is 2.15. The van der Waals surface area contributed by atoms with E-state index in [0.717, 1.165) is 29.4 Å². The molecule has 0 bridgehead atoms. The van der Waals surface area contributed by atoms with Crippen LogP contribution < -0.4 is 5.73 Å². The van der Waals surface area contributed by atoms with Gasteiger partial charge in [0.25, 0.3) is 0 Å². The first-order valence-electron chi connectivity index (χ1n) is 6.18. The lowest BCUT2D eigenvalue weighted by Crippen LogP contribution is -2.33. The molecule has 0 radical (unpaired) electrons. The fourth-order valence-corrected chi connectivity index (χ4v) is 2.11. The van der Waals surface area contributed by atoms with E-state index in [2.05, 4.69) is 32.6 Å². The SMILES string of the molecule is CC(C)CN(Cc1c(N)cccc1Cl)C(C)C. The van der Waals surface area contributed by atoms with Crippen molar-refractivity contribution in [1.82, 2.24) is 4.90 Å². The summed E-state index contributed by atoms with van der Waals surface area (Å²) in [6.45, 7) is 10.7. The lowest BCUT2D eigenvalue weighted by Gasteiger charge is -2.29. The van der Waals surface area contributed by atoms with Crippen molar-refractivity contribution in [2.45, 2.75) is 40.3 Å². The Labute approximate surface area is 110 Å². The molecule has 0 saturated carbocycles. The van der Waals surface area contributed by atoms with Crippen molar-refractivity contribution in [3.05, 3.63) is 28.8 Å². The molecule has 0 amide bonds. The third kappa shape index (κ3) is 4.21. The van der Waals surface area contributed by atoms with Crippen molar-refractivity contribution in [2.24, 2.45) is 5.92 Å². The second-order valence-electron chi connectivity index (χ2n) is 5.22. The minimum absolute atomic E-state index is 0.494. The molecule has 0 spiro atoms. The summed E-state index contributed by atoms with van der Waals surface area (Å²) < 4.78 is 0. The normalized spacial score (nSPS) is 11.8. The topological polar surface area (TPSA) is 29.3 Å². The summed E-state index contributed by atoms with van der Waals surface area (Å²) in [6.07, 6.45) is 0. The van der Waals surface area contributed by atoms with Crippen LogP contribution in [0.2, 0.25) is 5.02 Å². The number of halogens is 1. The van der Waals surface area contributed by atoms with Crippen molar-refractivity contribution in [2.75, 3.05) is 12.3 Å². The van der Waals surface area contributed by atoms with Crippen LogP contribution in [0.3, 0.4) is 0 Å². The quantitative estimate of drug-likeness (QED) is 0.810. The molecule has 0 aliphatic carbocycles. The van der Waals surface area contributed by atoms with E-state index < -0.39 is 0 Å². The van der Waals surface area contributed by atoms with Gasteiger partial charge < -0.3 is 5.73 Å². The average molecular weight is 255 g/mol. The number of hydrogen-bond acceptors (Lipinski definition) is 2. The van der Waals surface area contributed by atoms with Gasteiger partial charge in [-0.25, -0.2) is 0 Å². The number of hydrogen-bond donors (Lipinski definition) is 1. The van der Waals surface area contributed by atoms with E-state index in [0.29, 0.717) is 12.0 Å². The van der Waals surface area contributed by atoms with E-state index in [9.17, 15) is 0 Å². The summed E-state index contributed by atoms with van der Waals surface area (Å²) in [4.78, 5) is 2.40. The third-order valence-corrected chi connectivity index (χ3v) is 3.20. The van der Waals surface area contributed by atoms with E-state index in [-0.39, 0.29) is 0 Å². The maximum Gasteiger partial charge on any atom is 0.0471 e. The van der Waals surface area contributed by atoms with E-state index in [4.69, 9.17) is 17.3 Å². The number of rotatable bonds is 5. The van der Waals surface area contributed by atoms with Gasteiger partial charge >= 0.3 is 0 Å². The van der Waals surface area contributed by atoms with Crippen molar-refractivity contribution < 1.29 is 0 Å². The Hall–Kier alpha value is -0.730. The molecule has 0 saturated heterocycles. The van der Waals surface area contributed by atoms with Gasteiger partial charge in [-0.05, 0) is 31.9 Å². The standard InChI is InChI=1S/C14H23ClN2/c1-10(2)8-17(11(3)4)9-12-13(15)6-5-7-14(12)16/h5-7,10-11H,8-9,16H2,1-4H3. The highest BCUT2D eigenvalue weighted by molar-refractivity contribution is 6.31. The van der Waals surface area contributed by atoms with Crippen LogP contribution in [-0.2, 0) is 6.54 Å². The molecule has 2 nitrogen and oxygen atoms in total. The molecule has 3 heteroatoms. The first-order chi connectivity index (χ1) is 7.91. The molecule has 17 heavy (non-hydrogen) atoms. The highest BCUT2D eigenvalue weighted by Crippen LogP contribution is 2.24. The van der Waals surface area contributed by atoms with Gasteiger partial charge in [0, 0.05) is 35.4 Å². The largest absolute Gasteiger partial charge is 0.398 e. The Bertz CT molecular complexity index is 341. The Morgan fingerprint density at radius 3 is 2.35 bits per heavy atom. The van der Waals surface area contributed by atoms with E-state index in [1.54, 1.807) is 0 Å². The zero-order valence-electron chi connectivity index (χ0n) is 11.2. The average Bonchev–Trinajstić information content (AvgIpc) is 2.21. The van der Waals surface area contributed by atoms with E-state index >= 15 is 0 Å². The fraction of sp³-hybridized carbons (Fsp3) is 0.571. The maximum atomic E-state index is 6.21. The second-order valence-corrected chi connectivity index (χ2v) is 5.63. The molecule has 2 N–H and O–H groups in total. The molecule has 0 fully saturated rings. The van der Waals surface area contributed by atoms with Crippen LogP contribution in [-0.4, -0.2) is 17.5 Å². The highest BCUT2D eigenvalue weighted by atomic mass is 35.5. The Balaban J connectivity index is 2.86. The summed E-state index contributed by atoms with van der Waals surface area (Å²) in [5.74, 6) is 0.640. The predicted octanol–water partition coefficient (Wildman–Crippen LogP) is 3.79. The Morgan fingerprint density at radius 1 is 1.24 bits per heavy atom. The molecule has 0 aromatic heterocycles. The number of nitrogens with two attached hydrogens (primary N) is 1. The molecule has 96 valence electrons. The Kier molecular flexibility index (Phi) is 5.29. The molecule has 1 rings (SSSR count). The molecular formula is C14H23ClN2. The van der Waals surface area contributed by atoms with Crippen LogP contribution in [0.15, 0.2) is 18.2 Å². The number of anilines is 1. The van der Waals surface area contributed by atoms with Crippen molar-refractivity contribution in [1.29, 1.82) is 0 Å². The minimum Gasteiger partial charge on any atom is -0.398 e. The summed E-state index contributed by atoms with van der Waals surface area (Å²) in [7, 11) is 0. The maximum absolute atomic E-state index is 6.21. The number of nitrogen functional groups attached to an aromatic ring is 1. The lowest BCUT2D eigenvalue weighted by atomic mass is 10.1. The van der Waals surface area contributed by atoms with E-state index in [1.807, 2.05) is 18.2 Å². The van der Waals surface area contributed by atoms with Gasteiger partial charge in [0.05, 0.1) is 0 Å². The molecule has 0 aliphatic rings.